The Morgan fingerprint density at radius 1 is 1.26 bits per heavy atom. The Balaban J connectivity index is 2.35. The maximum absolute atomic E-state index is 12.9. The van der Waals surface area contributed by atoms with Gasteiger partial charge in [0.25, 0.3) is 0 Å². The quantitative estimate of drug-likeness (QED) is 0.737. The first-order valence-electron chi connectivity index (χ1n) is 7.96. The van der Waals surface area contributed by atoms with Crippen LogP contribution in [-0.4, -0.2) is 4.57 Å². The van der Waals surface area contributed by atoms with Crippen LogP contribution in [-0.2, 0) is 12.8 Å². The third kappa shape index (κ3) is 2.91. The Kier molecular flexibility index (Phi) is 4.53. The summed E-state index contributed by atoms with van der Waals surface area (Å²) < 4.78 is 2.20. The molecule has 0 radical (unpaired) electrons. The predicted molar refractivity (Wildman–Crippen MR) is 97.7 cm³/mol. The van der Waals surface area contributed by atoms with Crippen molar-refractivity contribution >= 4 is 17.7 Å². The lowest BCUT2D eigenvalue weighted by molar-refractivity contribution is 0.640. The highest BCUT2D eigenvalue weighted by Crippen LogP contribution is 2.26. The van der Waals surface area contributed by atoms with Gasteiger partial charge < -0.3 is 4.57 Å². The Labute approximate surface area is 141 Å². The van der Waals surface area contributed by atoms with Gasteiger partial charge in [0.15, 0.2) is 5.43 Å². The highest BCUT2D eigenvalue weighted by molar-refractivity contribution is 6.30. The molecule has 0 unspecified atom stereocenters. The lowest BCUT2D eigenvalue weighted by Crippen LogP contribution is -2.26. The van der Waals surface area contributed by atoms with Crippen LogP contribution in [0.2, 0.25) is 5.02 Å². The average molecular weight is 326 g/mol. The minimum absolute atomic E-state index is 0.161. The number of fused-ring (bicyclic) bond motifs is 1. The number of pyridine rings is 1. The second-order valence-electron chi connectivity index (χ2n) is 5.87. The van der Waals surface area contributed by atoms with Gasteiger partial charge in [0.2, 0.25) is 0 Å². The molecule has 1 heterocycles. The van der Waals surface area contributed by atoms with Crippen molar-refractivity contribution in [3.05, 3.63) is 80.8 Å². The molecule has 0 bridgehead atoms. The summed E-state index contributed by atoms with van der Waals surface area (Å²) in [4.78, 5) is 12.9. The smallest absolute Gasteiger partial charge is 0.192 e. The van der Waals surface area contributed by atoms with Crippen molar-refractivity contribution in [2.45, 2.75) is 32.6 Å². The lowest BCUT2D eigenvalue weighted by Gasteiger charge is -2.25. The number of hydrogen-bond acceptors (Lipinski definition) is 1. The van der Waals surface area contributed by atoms with Gasteiger partial charge in [0, 0.05) is 33.2 Å². The molecule has 23 heavy (non-hydrogen) atoms. The van der Waals surface area contributed by atoms with Crippen LogP contribution in [0.3, 0.4) is 0 Å². The van der Waals surface area contributed by atoms with E-state index in [1.165, 1.54) is 0 Å². The molecule has 0 spiro atoms. The summed E-state index contributed by atoms with van der Waals surface area (Å²) in [6.07, 6.45) is 9.36. The van der Waals surface area contributed by atoms with Gasteiger partial charge in [-0.2, -0.15) is 0 Å². The fourth-order valence-corrected chi connectivity index (χ4v) is 3.54. The summed E-state index contributed by atoms with van der Waals surface area (Å²) in [5.41, 5.74) is 4.96. The van der Waals surface area contributed by atoms with Crippen molar-refractivity contribution < 1.29 is 0 Å². The molecule has 0 saturated carbocycles. The van der Waals surface area contributed by atoms with Crippen LogP contribution in [0.15, 0.2) is 47.8 Å². The minimum Gasteiger partial charge on any atom is -0.317 e. The van der Waals surface area contributed by atoms with E-state index in [0.717, 1.165) is 53.9 Å². The van der Waals surface area contributed by atoms with E-state index >= 15 is 0 Å². The molecule has 0 amide bonds. The van der Waals surface area contributed by atoms with Crippen LogP contribution < -0.4 is 5.43 Å². The van der Waals surface area contributed by atoms with E-state index in [1.807, 2.05) is 43.3 Å². The highest BCUT2D eigenvalue weighted by atomic mass is 35.5. The number of hydrogen-bond donors (Lipinski definition) is 0. The lowest BCUT2D eigenvalue weighted by atomic mass is 9.92. The SMILES string of the molecule is C=C/C=C\c1c(C)n(-c2cccc(Cl)c2)c2c(c1=O)CCCC2. The van der Waals surface area contributed by atoms with E-state index in [-0.39, 0.29) is 5.43 Å². The first kappa shape index (κ1) is 15.8. The van der Waals surface area contributed by atoms with Crippen LogP contribution in [0.5, 0.6) is 0 Å². The number of nitrogens with zero attached hydrogens (tertiary/aromatic N) is 1. The standard InChI is InChI=1S/C20H20ClNO/c1-3-4-10-17-14(2)22(16-9-7-8-15(21)13-16)19-12-6-5-11-18(19)20(17)23/h3-4,7-10,13H,1,5-6,11-12H2,2H3/b10-4-. The van der Waals surface area contributed by atoms with Gasteiger partial charge in [-0.1, -0.05) is 36.4 Å². The van der Waals surface area contributed by atoms with Crippen molar-refractivity contribution in [1.82, 2.24) is 4.57 Å². The van der Waals surface area contributed by atoms with E-state index < -0.39 is 0 Å². The predicted octanol–water partition coefficient (Wildman–Crippen LogP) is 4.88. The van der Waals surface area contributed by atoms with Gasteiger partial charge in [-0.15, -0.1) is 0 Å². The topological polar surface area (TPSA) is 22.0 Å². The molecule has 2 nitrogen and oxygen atoms in total. The molecule has 2 aromatic rings. The van der Waals surface area contributed by atoms with Gasteiger partial charge in [0.05, 0.1) is 0 Å². The van der Waals surface area contributed by atoms with Crippen LogP contribution in [0, 0.1) is 6.92 Å². The van der Waals surface area contributed by atoms with Gasteiger partial charge in [-0.05, 0) is 56.9 Å². The molecular formula is C20H20ClNO. The fraction of sp³-hybridized carbons (Fsp3) is 0.250. The van der Waals surface area contributed by atoms with Crippen molar-refractivity contribution in [2.24, 2.45) is 0 Å². The van der Waals surface area contributed by atoms with E-state index in [0.29, 0.717) is 5.02 Å². The first-order chi connectivity index (χ1) is 11.1. The average Bonchev–Trinajstić information content (AvgIpc) is 2.55. The van der Waals surface area contributed by atoms with E-state index in [4.69, 9.17) is 11.6 Å². The zero-order valence-corrected chi connectivity index (χ0v) is 14.1. The summed E-state index contributed by atoms with van der Waals surface area (Å²) in [5, 5.41) is 0.702. The highest BCUT2D eigenvalue weighted by Gasteiger charge is 2.21. The Morgan fingerprint density at radius 3 is 2.78 bits per heavy atom. The summed E-state index contributed by atoms with van der Waals surface area (Å²) in [7, 11) is 0. The largest absolute Gasteiger partial charge is 0.317 e. The Bertz CT molecular complexity index is 845. The van der Waals surface area contributed by atoms with Crippen molar-refractivity contribution in [3.63, 3.8) is 0 Å². The van der Waals surface area contributed by atoms with Crippen LogP contribution >= 0.6 is 11.6 Å². The summed E-state index contributed by atoms with van der Waals surface area (Å²) in [6.45, 7) is 5.70. The van der Waals surface area contributed by atoms with Gasteiger partial charge in [-0.25, -0.2) is 0 Å². The number of aromatic nitrogens is 1. The molecule has 0 aliphatic heterocycles. The number of benzene rings is 1. The molecule has 1 aromatic heterocycles. The van der Waals surface area contributed by atoms with E-state index in [2.05, 4.69) is 11.1 Å². The van der Waals surface area contributed by atoms with E-state index in [9.17, 15) is 4.79 Å². The van der Waals surface area contributed by atoms with E-state index in [1.54, 1.807) is 6.08 Å². The van der Waals surface area contributed by atoms with Crippen LogP contribution in [0.25, 0.3) is 11.8 Å². The van der Waals surface area contributed by atoms with Crippen LogP contribution in [0.4, 0.5) is 0 Å². The molecule has 1 aromatic carbocycles. The molecule has 0 fully saturated rings. The molecular weight excluding hydrogens is 306 g/mol. The third-order valence-electron chi connectivity index (χ3n) is 4.42. The Hall–Kier alpha value is -2.06. The van der Waals surface area contributed by atoms with Crippen LogP contribution in [0.1, 0.15) is 35.4 Å². The fourth-order valence-electron chi connectivity index (χ4n) is 3.36. The molecule has 118 valence electrons. The summed E-state index contributed by atoms with van der Waals surface area (Å²) in [5.74, 6) is 0. The normalized spacial score (nSPS) is 14.0. The Morgan fingerprint density at radius 2 is 2.04 bits per heavy atom. The summed E-state index contributed by atoms with van der Waals surface area (Å²) >= 11 is 6.18. The van der Waals surface area contributed by atoms with Crippen molar-refractivity contribution in [2.75, 3.05) is 0 Å². The maximum atomic E-state index is 12.9. The van der Waals surface area contributed by atoms with Crippen molar-refractivity contribution in [3.8, 4) is 5.69 Å². The second-order valence-corrected chi connectivity index (χ2v) is 6.31. The molecule has 3 heteroatoms. The molecule has 0 atom stereocenters. The second kappa shape index (κ2) is 6.59. The molecule has 1 aliphatic carbocycles. The first-order valence-corrected chi connectivity index (χ1v) is 8.33. The molecule has 0 saturated heterocycles. The maximum Gasteiger partial charge on any atom is 0.192 e. The zero-order chi connectivity index (χ0) is 16.4. The molecule has 1 aliphatic rings. The minimum atomic E-state index is 0.161. The van der Waals surface area contributed by atoms with Crippen molar-refractivity contribution in [1.29, 1.82) is 0 Å². The third-order valence-corrected chi connectivity index (χ3v) is 4.65. The molecule has 0 N–H and O–H groups in total. The zero-order valence-electron chi connectivity index (χ0n) is 13.3. The number of halogens is 1. The van der Waals surface area contributed by atoms with Gasteiger partial charge in [0.1, 0.15) is 0 Å². The van der Waals surface area contributed by atoms with Gasteiger partial charge >= 0.3 is 0 Å². The van der Waals surface area contributed by atoms with Gasteiger partial charge in [-0.3, -0.25) is 4.79 Å². The monoisotopic (exact) mass is 325 g/mol. The number of allylic oxidation sites excluding steroid dienone is 2. The summed E-state index contributed by atoms with van der Waals surface area (Å²) in [6, 6.07) is 7.81. The number of rotatable bonds is 3. The molecule has 3 rings (SSSR count).